The van der Waals surface area contributed by atoms with Crippen LogP contribution in [0.15, 0.2) is 29.1 Å². The monoisotopic (exact) mass is 449 g/mol. The van der Waals surface area contributed by atoms with Gasteiger partial charge in [-0.2, -0.15) is 22.1 Å². The molecular weight excluding hydrogens is 422 g/mol. The number of carbonyl (C=O) groups excluding carboxylic acids is 1. The normalized spacial score (nSPS) is 19.3. The predicted octanol–water partition coefficient (Wildman–Crippen LogP) is 0.312. The lowest BCUT2D eigenvalue weighted by Gasteiger charge is -2.37. The summed E-state index contributed by atoms with van der Waals surface area (Å²) in [6, 6.07) is 6.76. The molecule has 0 spiro atoms. The summed E-state index contributed by atoms with van der Waals surface area (Å²) in [6.45, 7) is 6.10. The van der Waals surface area contributed by atoms with Gasteiger partial charge < -0.3 is 9.64 Å². The van der Waals surface area contributed by atoms with Crippen LogP contribution in [0.1, 0.15) is 30.4 Å². The molecule has 168 valence electrons. The minimum absolute atomic E-state index is 0.195. The van der Waals surface area contributed by atoms with Gasteiger partial charge in [0.05, 0.1) is 24.6 Å². The molecular formula is C20H27N5O5S. The highest BCUT2D eigenvalue weighted by molar-refractivity contribution is 7.86. The van der Waals surface area contributed by atoms with Crippen LogP contribution >= 0.6 is 0 Å². The first kappa shape index (κ1) is 21.9. The summed E-state index contributed by atoms with van der Waals surface area (Å²) in [5.74, 6) is -0.297. The molecule has 4 rings (SSSR count). The van der Waals surface area contributed by atoms with Crippen LogP contribution < -0.4 is 5.56 Å². The van der Waals surface area contributed by atoms with Crippen molar-refractivity contribution in [3.05, 3.63) is 40.3 Å². The first-order valence-electron chi connectivity index (χ1n) is 10.4. The van der Waals surface area contributed by atoms with Gasteiger partial charge in [0.25, 0.3) is 21.7 Å². The van der Waals surface area contributed by atoms with Gasteiger partial charge in [-0.05, 0) is 19.9 Å². The SMILES string of the molecule is CC(C)n1nc(C(=O)N2CCN(S(=O)(=O)N3CCOCC3)CC2)c2ccccc2c1=O. The van der Waals surface area contributed by atoms with Crippen LogP contribution in [0.25, 0.3) is 10.8 Å². The van der Waals surface area contributed by atoms with Gasteiger partial charge in [-0.15, -0.1) is 0 Å². The Balaban J connectivity index is 1.56. The summed E-state index contributed by atoms with van der Waals surface area (Å²) in [7, 11) is -3.57. The van der Waals surface area contributed by atoms with Crippen molar-refractivity contribution in [1.82, 2.24) is 23.3 Å². The third-order valence-corrected chi connectivity index (χ3v) is 7.70. The van der Waals surface area contributed by atoms with Crippen LogP contribution in [0.3, 0.4) is 0 Å². The summed E-state index contributed by atoms with van der Waals surface area (Å²) in [5.41, 5.74) is -0.0167. The average Bonchev–Trinajstić information content (AvgIpc) is 2.79. The molecule has 0 radical (unpaired) electrons. The molecule has 0 aliphatic carbocycles. The van der Waals surface area contributed by atoms with Crippen molar-refractivity contribution in [2.24, 2.45) is 0 Å². The maximum atomic E-state index is 13.3. The van der Waals surface area contributed by atoms with Crippen LogP contribution in [-0.2, 0) is 14.9 Å². The minimum Gasteiger partial charge on any atom is -0.379 e. The Morgan fingerprint density at radius 3 is 2.16 bits per heavy atom. The Bertz CT molecular complexity index is 1130. The zero-order chi connectivity index (χ0) is 22.2. The van der Waals surface area contributed by atoms with E-state index in [0.717, 1.165) is 0 Å². The van der Waals surface area contributed by atoms with E-state index in [1.54, 1.807) is 29.2 Å². The number of rotatable bonds is 4. The molecule has 11 heteroatoms. The van der Waals surface area contributed by atoms with E-state index >= 15 is 0 Å². The third kappa shape index (κ3) is 4.10. The molecule has 2 aromatic rings. The Morgan fingerprint density at radius 1 is 0.968 bits per heavy atom. The molecule has 3 heterocycles. The van der Waals surface area contributed by atoms with Crippen molar-refractivity contribution in [2.75, 3.05) is 52.5 Å². The van der Waals surface area contributed by atoms with Crippen molar-refractivity contribution in [1.29, 1.82) is 0 Å². The highest BCUT2D eigenvalue weighted by Crippen LogP contribution is 2.19. The van der Waals surface area contributed by atoms with Crippen LogP contribution in [0.5, 0.6) is 0 Å². The van der Waals surface area contributed by atoms with Gasteiger partial charge in [0.1, 0.15) is 0 Å². The van der Waals surface area contributed by atoms with Crippen molar-refractivity contribution in [3.8, 4) is 0 Å². The number of piperazine rings is 1. The van der Waals surface area contributed by atoms with Crippen molar-refractivity contribution in [2.45, 2.75) is 19.9 Å². The maximum Gasteiger partial charge on any atom is 0.282 e. The highest BCUT2D eigenvalue weighted by Gasteiger charge is 2.35. The minimum atomic E-state index is -3.57. The topological polar surface area (TPSA) is 105 Å². The second-order valence-electron chi connectivity index (χ2n) is 7.95. The zero-order valence-corrected chi connectivity index (χ0v) is 18.5. The molecule has 1 aromatic heterocycles. The number of morpholine rings is 1. The number of hydrogen-bond acceptors (Lipinski definition) is 6. The lowest BCUT2D eigenvalue weighted by Crippen LogP contribution is -2.55. The number of nitrogens with zero attached hydrogens (tertiary/aromatic N) is 5. The molecule has 31 heavy (non-hydrogen) atoms. The quantitative estimate of drug-likeness (QED) is 0.665. The second-order valence-corrected chi connectivity index (χ2v) is 9.88. The number of ether oxygens (including phenoxy) is 1. The van der Waals surface area contributed by atoms with Gasteiger partial charge in [-0.3, -0.25) is 9.59 Å². The third-order valence-electron chi connectivity index (χ3n) is 5.67. The first-order chi connectivity index (χ1) is 14.8. The Hall–Kier alpha value is -2.34. The van der Waals surface area contributed by atoms with Crippen molar-refractivity contribution >= 4 is 26.9 Å². The fourth-order valence-electron chi connectivity index (χ4n) is 3.93. The standard InChI is InChI=1S/C20H27N5O5S/c1-15(2)25-19(26)17-6-4-3-5-16(17)18(21-25)20(27)22-7-9-23(10-8-22)31(28,29)24-11-13-30-14-12-24/h3-6,15H,7-14H2,1-2H3. The van der Waals surface area contributed by atoms with Crippen molar-refractivity contribution in [3.63, 3.8) is 0 Å². The largest absolute Gasteiger partial charge is 0.379 e. The number of aromatic nitrogens is 2. The Morgan fingerprint density at radius 2 is 1.55 bits per heavy atom. The fourth-order valence-corrected chi connectivity index (χ4v) is 5.49. The lowest BCUT2D eigenvalue weighted by molar-refractivity contribution is 0.0633. The molecule has 0 unspecified atom stereocenters. The van der Waals surface area contributed by atoms with E-state index in [9.17, 15) is 18.0 Å². The van der Waals surface area contributed by atoms with E-state index in [4.69, 9.17) is 4.74 Å². The molecule has 2 aliphatic heterocycles. The van der Waals surface area contributed by atoms with Crippen LogP contribution in [0.4, 0.5) is 0 Å². The molecule has 10 nitrogen and oxygen atoms in total. The van der Waals surface area contributed by atoms with E-state index in [-0.39, 0.29) is 49.4 Å². The first-order valence-corrected chi connectivity index (χ1v) is 11.8. The van der Waals surface area contributed by atoms with Gasteiger partial charge in [0, 0.05) is 44.7 Å². The molecule has 2 saturated heterocycles. The van der Waals surface area contributed by atoms with Gasteiger partial charge in [0.2, 0.25) is 0 Å². The van der Waals surface area contributed by atoms with Crippen LogP contribution in [-0.4, -0.2) is 90.1 Å². The molecule has 0 atom stereocenters. The molecule has 2 fully saturated rings. The zero-order valence-electron chi connectivity index (χ0n) is 17.7. The summed E-state index contributed by atoms with van der Waals surface area (Å²) in [6.07, 6.45) is 0. The number of fused-ring (bicyclic) bond motifs is 1. The van der Waals surface area contributed by atoms with E-state index < -0.39 is 10.2 Å². The summed E-state index contributed by atoms with van der Waals surface area (Å²) >= 11 is 0. The Labute approximate surface area is 181 Å². The highest BCUT2D eigenvalue weighted by atomic mass is 32.2. The second kappa shape index (κ2) is 8.65. The molecule has 1 amide bonds. The lowest BCUT2D eigenvalue weighted by atomic mass is 10.1. The smallest absolute Gasteiger partial charge is 0.282 e. The van der Waals surface area contributed by atoms with Gasteiger partial charge >= 0.3 is 0 Å². The van der Waals surface area contributed by atoms with E-state index in [1.807, 2.05) is 13.8 Å². The number of hydrogen-bond donors (Lipinski definition) is 0. The molecule has 2 aliphatic rings. The fraction of sp³-hybridized carbons (Fsp3) is 0.550. The molecule has 1 aromatic carbocycles. The van der Waals surface area contributed by atoms with Crippen LogP contribution in [0, 0.1) is 0 Å². The summed E-state index contributed by atoms with van der Waals surface area (Å²) < 4.78 is 35.1. The van der Waals surface area contributed by atoms with Gasteiger partial charge in [0.15, 0.2) is 5.69 Å². The Kier molecular flexibility index (Phi) is 6.11. The predicted molar refractivity (Wildman–Crippen MR) is 115 cm³/mol. The maximum absolute atomic E-state index is 13.3. The summed E-state index contributed by atoms with van der Waals surface area (Å²) in [4.78, 5) is 27.6. The molecule has 0 N–H and O–H groups in total. The average molecular weight is 450 g/mol. The van der Waals surface area contributed by atoms with E-state index in [0.29, 0.717) is 37.1 Å². The van der Waals surface area contributed by atoms with E-state index in [1.165, 1.54) is 13.3 Å². The van der Waals surface area contributed by atoms with Crippen molar-refractivity contribution < 1.29 is 17.9 Å². The van der Waals surface area contributed by atoms with Gasteiger partial charge in [-0.25, -0.2) is 4.68 Å². The molecule has 0 saturated carbocycles. The van der Waals surface area contributed by atoms with Gasteiger partial charge in [-0.1, -0.05) is 18.2 Å². The number of amides is 1. The number of benzene rings is 1. The number of carbonyl (C=O) groups is 1. The summed E-state index contributed by atoms with van der Waals surface area (Å²) in [5, 5.41) is 5.33. The molecule has 0 bridgehead atoms. The van der Waals surface area contributed by atoms with Crippen LogP contribution in [0.2, 0.25) is 0 Å². The van der Waals surface area contributed by atoms with E-state index in [2.05, 4.69) is 5.10 Å².